The maximum absolute atomic E-state index is 11.8. The van der Waals surface area contributed by atoms with E-state index in [0.717, 1.165) is 19.3 Å². The van der Waals surface area contributed by atoms with Crippen molar-refractivity contribution in [3.05, 3.63) is 0 Å². The zero-order valence-corrected chi connectivity index (χ0v) is 20.5. The lowest BCUT2D eigenvalue weighted by atomic mass is 10.0. The van der Waals surface area contributed by atoms with E-state index in [1.54, 1.807) is 0 Å². The average Bonchev–Trinajstić information content (AvgIpc) is 3.12. The van der Waals surface area contributed by atoms with E-state index in [4.69, 9.17) is 9.47 Å². The van der Waals surface area contributed by atoms with Crippen LogP contribution in [-0.4, -0.2) is 58.9 Å². The van der Waals surface area contributed by atoms with Crippen molar-refractivity contribution in [2.75, 3.05) is 13.2 Å². The molecule has 6 heteroatoms. The standard InChI is InChI=1S/C26H50O6/c1-2-3-4-5-6-7-8-9-10-11-12-13-14-15-16-17-18-19-24(29)31-21-23(28)26-25(30)22(27)20-32-26/h22-23,25-28,30H,2-21H2,1H3/t22-,23-,25-,26-/m1/s1. The summed E-state index contributed by atoms with van der Waals surface area (Å²) in [5.74, 6) is -0.335. The first-order chi connectivity index (χ1) is 15.6. The van der Waals surface area contributed by atoms with Crippen LogP contribution in [0.3, 0.4) is 0 Å². The van der Waals surface area contributed by atoms with Crippen LogP contribution in [0.1, 0.15) is 122 Å². The summed E-state index contributed by atoms with van der Waals surface area (Å²) in [7, 11) is 0. The van der Waals surface area contributed by atoms with Gasteiger partial charge in [-0.05, 0) is 6.42 Å². The molecule has 1 heterocycles. The van der Waals surface area contributed by atoms with Gasteiger partial charge in [0.1, 0.15) is 31.0 Å². The lowest BCUT2D eigenvalue weighted by molar-refractivity contribution is -0.151. The van der Waals surface area contributed by atoms with E-state index in [1.807, 2.05) is 0 Å². The summed E-state index contributed by atoms with van der Waals surface area (Å²) in [6.45, 7) is 2.03. The molecular weight excluding hydrogens is 408 g/mol. The van der Waals surface area contributed by atoms with Crippen LogP contribution in [-0.2, 0) is 14.3 Å². The summed E-state index contributed by atoms with van der Waals surface area (Å²) in [5.41, 5.74) is 0. The van der Waals surface area contributed by atoms with Gasteiger partial charge in [0, 0.05) is 6.42 Å². The molecule has 190 valence electrons. The molecule has 1 rings (SSSR count). The highest BCUT2D eigenvalue weighted by Gasteiger charge is 2.39. The number of aliphatic hydroxyl groups excluding tert-OH is 3. The number of esters is 1. The molecule has 0 saturated carbocycles. The summed E-state index contributed by atoms with van der Waals surface area (Å²) in [6.07, 6.45) is 18.3. The highest BCUT2D eigenvalue weighted by atomic mass is 16.6. The van der Waals surface area contributed by atoms with Crippen LogP contribution in [0.5, 0.6) is 0 Å². The molecule has 0 aromatic heterocycles. The first kappa shape index (κ1) is 29.3. The normalized spacial score (nSPS) is 21.7. The minimum Gasteiger partial charge on any atom is -0.463 e. The van der Waals surface area contributed by atoms with Crippen LogP contribution < -0.4 is 0 Å². The predicted molar refractivity (Wildman–Crippen MR) is 127 cm³/mol. The molecule has 4 atom stereocenters. The third-order valence-corrected chi connectivity index (χ3v) is 6.47. The second kappa shape index (κ2) is 19.7. The van der Waals surface area contributed by atoms with Gasteiger partial charge in [0.15, 0.2) is 0 Å². The molecule has 0 aromatic rings. The Hall–Kier alpha value is -0.690. The molecule has 0 unspecified atom stereocenters. The Morgan fingerprint density at radius 2 is 1.25 bits per heavy atom. The van der Waals surface area contributed by atoms with Crippen LogP contribution in [0.4, 0.5) is 0 Å². The molecule has 0 aromatic carbocycles. The number of unbranched alkanes of at least 4 members (excludes halogenated alkanes) is 16. The lowest BCUT2D eigenvalue weighted by Crippen LogP contribution is -2.41. The van der Waals surface area contributed by atoms with Gasteiger partial charge in [-0.1, -0.05) is 110 Å². The quantitative estimate of drug-likeness (QED) is 0.164. The number of hydrogen-bond acceptors (Lipinski definition) is 6. The van der Waals surface area contributed by atoms with Crippen molar-refractivity contribution in [1.82, 2.24) is 0 Å². The van der Waals surface area contributed by atoms with Gasteiger partial charge >= 0.3 is 5.97 Å². The Morgan fingerprint density at radius 3 is 1.66 bits per heavy atom. The van der Waals surface area contributed by atoms with Crippen molar-refractivity contribution in [3.8, 4) is 0 Å². The third-order valence-electron chi connectivity index (χ3n) is 6.47. The van der Waals surface area contributed by atoms with Gasteiger partial charge in [-0.2, -0.15) is 0 Å². The van der Waals surface area contributed by atoms with Gasteiger partial charge in [-0.25, -0.2) is 0 Å². The predicted octanol–water partition coefficient (Wildman–Crippen LogP) is 5.05. The van der Waals surface area contributed by atoms with Gasteiger partial charge < -0.3 is 24.8 Å². The number of carbonyl (C=O) groups excluding carboxylic acids is 1. The Morgan fingerprint density at radius 1 is 0.812 bits per heavy atom. The fraction of sp³-hybridized carbons (Fsp3) is 0.962. The van der Waals surface area contributed by atoms with Crippen LogP contribution >= 0.6 is 0 Å². The van der Waals surface area contributed by atoms with E-state index in [1.165, 1.54) is 89.9 Å². The molecule has 0 bridgehead atoms. The fourth-order valence-electron chi connectivity index (χ4n) is 4.30. The van der Waals surface area contributed by atoms with Gasteiger partial charge in [0.25, 0.3) is 0 Å². The summed E-state index contributed by atoms with van der Waals surface area (Å²) < 4.78 is 10.2. The first-order valence-electron chi connectivity index (χ1n) is 13.4. The number of ether oxygens (including phenoxy) is 2. The van der Waals surface area contributed by atoms with E-state index in [0.29, 0.717) is 6.42 Å². The van der Waals surface area contributed by atoms with Crippen molar-refractivity contribution in [2.45, 2.75) is 147 Å². The van der Waals surface area contributed by atoms with Crippen molar-refractivity contribution in [1.29, 1.82) is 0 Å². The molecule has 1 aliphatic rings. The van der Waals surface area contributed by atoms with Crippen molar-refractivity contribution >= 4 is 5.97 Å². The van der Waals surface area contributed by atoms with Gasteiger partial charge in [0.05, 0.1) is 6.61 Å². The molecule has 6 nitrogen and oxygen atoms in total. The largest absolute Gasteiger partial charge is 0.463 e. The van der Waals surface area contributed by atoms with Crippen LogP contribution in [0.15, 0.2) is 0 Å². The minimum absolute atomic E-state index is 0.0178. The topological polar surface area (TPSA) is 96.2 Å². The average molecular weight is 459 g/mol. The number of rotatable bonds is 21. The van der Waals surface area contributed by atoms with Crippen molar-refractivity contribution in [3.63, 3.8) is 0 Å². The summed E-state index contributed by atoms with van der Waals surface area (Å²) >= 11 is 0. The van der Waals surface area contributed by atoms with Crippen LogP contribution in [0.25, 0.3) is 0 Å². The van der Waals surface area contributed by atoms with Gasteiger partial charge in [-0.15, -0.1) is 0 Å². The third kappa shape index (κ3) is 14.5. The number of aliphatic hydroxyl groups is 3. The maximum Gasteiger partial charge on any atom is 0.305 e. The molecule has 1 saturated heterocycles. The second-order valence-electron chi connectivity index (χ2n) is 9.51. The van der Waals surface area contributed by atoms with E-state index in [9.17, 15) is 20.1 Å². The minimum atomic E-state index is -1.14. The van der Waals surface area contributed by atoms with E-state index < -0.39 is 24.4 Å². The highest BCUT2D eigenvalue weighted by molar-refractivity contribution is 5.69. The molecule has 3 N–H and O–H groups in total. The highest BCUT2D eigenvalue weighted by Crippen LogP contribution is 2.18. The zero-order chi connectivity index (χ0) is 23.4. The van der Waals surface area contributed by atoms with Gasteiger partial charge in [-0.3, -0.25) is 4.79 Å². The Labute approximate surface area is 196 Å². The van der Waals surface area contributed by atoms with Crippen LogP contribution in [0.2, 0.25) is 0 Å². The fourth-order valence-corrected chi connectivity index (χ4v) is 4.30. The monoisotopic (exact) mass is 458 g/mol. The molecule has 0 aliphatic carbocycles. The number of carbonyl (C=O) groups is 1. The lowest BCUT2D eigenvalue weighted by Gasteiger charge is -2.20. The van der Waals surface area contributed by atoms with Crippen molar-refractivity contribution < 1.29 is 29.6 Å². The van der Waals surface area contributed by atoms with E-state index >= 15 is 0 Å². The summed E-state index contributed by atoms with van der Waals surface area (Å²) in [6, 6.07) is 0. The SMILES string of the molecule is CCCCCCCCCCCCCCCCCCCC(=O)OC[C@@H](O)[C@H]1OC[C@@H](O)[C@H]1O. The molecule has 0 spiro atoms. The number of hydrogen-bond donors (Lipinski definition) is 3. The first-order valence-corrected chi connectivity index (χ1v) is 13.4. The maximum atomic E-state index is 11.8. The second-order valence-corrected chi connectivity index (χ2v) is 9.51. The molecule has 1 aliphatic heterocycles. The van der Waals surface area contributed by atoms with E-state index in [2.05, 4.69) is 6.92 Å². The Balaban J connectivity index is 1.80. The Kier molecular flexibility index (Phi) is 18.1. The molecule has 0 radical (unpaired) electrons. The van der Waals surface area contributed by atoms with Crippen LogP contribution in [0, 0.1) is 0 Å². The summed E-state index contributed by atoms with van der Waals surface area (Å²) in [4.78, 5) is 11.8. The molecule has 0 amide bonds. The van der Waals surface area contributed by atoms with E-state index in [-0.39, 0.29) is 19.2 Å². The smallest absolute Gasteiger partial charge is 0.305 e. The van der Waals surface area contributed by atoms with Gasteiger partial charge in [0.2, 0.25) is 0 Å². The Bertz CT molecular complexity index is 444. The molecular formula is C26H50O6. The zero-order valence-electron chi connectivity index (χ0n) is 20.5. The molecule has 1 fully saturated rings. The summed E-state index contributed by atoms with van der Waals surface area (Å²) in [5, 5.41) is 29.0. The molecule has 32 heavy (non-hydrogen) atoms. The van der Waals surface area contributed by atoms with Crippen molar-refractivity contribution in [2.24, 2.45) is 0 Å².